The van der Waals surface area contributed by atoms with Gasteiger partial charge in [-0.15, -0.1) is 0 Å². The SMILES string of the molecule is CCC(O)(O)PCC(C)C. The zero-order valence-electron chi connectivity index (χ0n) is 6.89. The molecule has 0 aliphatic rings. The lowest BCUT2D eigenvalue weighted by Crippen LogP contribution is -2.21. The summed E-state index contributed by atoms with van der Waals surface area (Å²) in [4.78, 5) is 0. The smallest absolute Gasteiger partial charge is 0.178 e. The number of hydrogen-bond acceptors (Lipinski definition) is 2. The average molecular weight is 164 g/mol. The van der Waals surface area contributed by atoms with Gasteiger partial charge in [0.15, 0.2) is 5.53 Å². The summed E-state index contributed by atoms with van der Waals surface area (Å²) < 4.78 is 0. The van der Waals surface area contributed by atoms with Crippen molar-refractivity contribution in [3.8, 4) is 0 Å². The summed E-state index contributed by atoms with van der Waals surface area (Å²) in [7, 11) is 0.250. The first-order valence-corrected chi connectivity index (χ1v) is 4.88. The molecule has 62 valence electrons. The third-order valence-electron chi connectivity index (χ3n) is 1.29. The summed E-state index contributed by atoms with van der Waals surface area (Å²) in [5.74, 6) is 0.559. The van der Waals surface area contributed by atoms with Gasteiger partial charge in [-0.05, 0) is 12.1 Å². The highest BCUT2D eigenvalue weighted by molar-refractivity contribution is 7.39. The molecule has 0 aliphatic carbocycles. The molecule has 0 saturated carbocycles. The Kier molecular flexibility index (Phi) is 4.42. The Bertz CT molecular complexity index is 91.6. The van der Waals surface area contributed by atoms with Crippen molar-refractivity contribution in [2.24, 2.45) is 5.92 Å². The minimum absolute atomic E-state index is 0.250. The Hall–Kier alpha value is 0.350. The van der Waals surface area contributed by atoms with Gasteiger partial charge in [0.05, 0.1) is 0 Å². The fourth-order valence-electron chi connectivity index (χ4n) is 0.493. The molecule has 0 saturated heterocycles. The Morgan fingerprint density at radius 2 is 1.90 bits per heavy atom. The molecular weight excluding hydrogens is 147 g/mol. The molecule has 0 aromatic rings. The van der Waals surface area contributed by atoms with E-state index in [9.17, 15) is 0 Å². The van der Waals surface area contributed by atoms with E-state index in [1.54, 1.807) is 6.92 Å². The molecule has 1 atom stereocenters. The summed E-state index contributed by atoms with van der Waals surface area (Å²) in [6, 6.07) is 0. The van der Waals surface area contributed by atoms with Gasteiger partial charge in [-0.2, -0.15) is 0 Å². The highest BCUT2D eigenvalue weighted by Crippen LogP contribution is 2.30. The average Bonchev–Trinajstić information content (AvgIpc) is 1.85. The van der Waals surface area contributed by atoms with Crippen LogP contribution in [0.15, 0.2) is 0 Å². The van der Waals surface area contributed by atoms with Crippen LogP contribution in [0.4, 0.5) is 0 Å². The van der Waals surface area contributed by atoms with E-state index >= 15 is 0 Å². The first kappa shape index (κ1) is 10.3. The lowest BCUT2D eigenvalue weighted by molar-refractivity contribution is -0.0814. The first-order valence-electron chi connectivity index (χ1n) is 3.67. The normalized spacial score (nSPS) is 13.8. The van der Waals surface area contributed by atoms with E-state index in [1.165, 1.54) is 0 Å². The number of rotatable bonds is 4. The van der Waals surface area contributed by atoms with Gasteiger partial charge in [-0.25, -0.2) is 0 Å². The van der Waals surface area contributed by atoms with Gasteiger partial charge in [-0.1, -0.05) is 29.4 Å². The van der Waals surface area contributed by atoms with Crippen molar-refractivity contribution >= 4 is 8.58 Å². The zero-order chi connectivity index (χ0) is 8.20. The van der Waals surface area contributed by atoms with Crippen LogP contribution in [-0.4, -0.2) is 21.9 Å². The summed E-state index contributed by atoms with van der Waals surface area (Å²) in [5, 5.41) is 18.3. The van der Waals surface area contributed by atoms with Crippen molar-refractivity contribution in [3.63, 3.8) is 0 Å². The van der Waals surface area contributed by atoms with E-state index in [4.69, 9.17) is 10.2 Å². The predicted molar refractivity (Wildman–Crippen MR) is 45.5 cm³/mol. The standard InChI is InChI=1S/C7H17O2P/c1-4-7(8,9)10-5-6(2)3/h6,8-10H,4-5H2,1-3H3. The molecule has 3 heteroatoms. The second-order valence-electron chi connectivity index (χ2n) is 2.94. The van der Waals surface area contributed by atoms with Gasteiger partial charge in [0.2, 0.25) is 0 Å². The van der Waals surface area contributed by atoms with Crippen LogP contribution >= 0.6 is 8.58 Å². The Morgan fingerprint density at radius 3 is 2.20 bits per heavy atom. The molecule has 0 aliphatic heterocycles. The van der Waals surface area contributed by atoms with Gasteiger partial charge in [0, 0.05) is 6.42 Å². The van der Waals surface area contributed by atoms with Crippen LogP contribution in [0.5, 0.6) is 0 Å². The molecule has 1 unspecified atom stereocenters. The maximum absolute atomic E-state index is 9.14. The topological polar surface area (TPSA) is 40.5 Å². The number of aliphatic hydroxyl groups is 2. The molecule has 0 rings (SSSR count). The van der Waals surface area contributed by atoms with Crippen LogP contribution in [-0.2, 0) is 0 Å². The fraction of sp³-hybridized carbons (Fsp3) is 1.00. The van der Waals surface area contributed by atoms with Crippen LogP contribution in [0.3, 0.4) is 0 Å². The van der Waals surface area contributed by atoms with Gasteiger partial charge < -0.3 is 10.2 Å². The van der Waals surface area contributed by atoms with Crippen LogP contribution in [0.1, 0.15) is 27.2 Å². The zero-order valence-corrected chi connectivity index (χ0v) is 7.89. The summed E-state index contributed by atoms with van der Waals surface area (Å²) in [6.45, 7) is 5.95. The fourth-order valence-corrected chi connectivity index (χ4v) is 1.48. The monoisotopic (exact) mass is 164 g/mol. The second-order valence-corrected chi connectivity index (χ2v) is 4.51. The molecular formula is C7H17O2P. The predicted octanol–water partition coefficient (Wildman–Crippen LogP) is 1.37. The second kappa shape index (κ2) is 4.27. The lowest BCUT2D eigenvalue weighted by Gasteiger charge is -2.20. The lowest BCUT2D eigenvalue weighted by atomic mass is 10.3. The molecule has 0 amide bonds. The van der Waals surface area contributed by atoms with Crippen LogP contribution in [0, 0.1) is 5.92 Å². The maximum atomic E-state index is 9.14. The van der Waals surface area contributed by atoms with Crippen molar-refractivity contribution in [3.05, 3.63) is 0 Å². The maximum Gasteiger partial charge on any atom is 0.178 e. The Morgan fingerprint density at radius 1 is 1.40 bits per heavy atom. The quantitative estimate of drug-likeness (QED) is 0.486. The molecule has 0 spiro atoms. The molecule has 0 bridgehead atoms. The van der Waals surface area contributed by atoms with Crippen molar-refractivity contribution < 1.29 is 10.2 Å². The third kappa shape index (κ3) is 5.16. The molecule has 0 radical (unpaired) electrons. The van der Waals surface area contributed by atoms with E-state index in [1.807, 2.05) is 0 Å². The molecule has 10 heavy (non-hydrogen) atoms. The summed E-state index contributed by atoms with van der Waals surface area (Å²) in [6.07, 6.45) is 1.33. The highest BCUT2D eigenvalue weighted by Gasteiger charge is 2.19. The number of hydrogen-bond donors (Lipinski definition) is 2. The molecule has 0 fully saturated rings. The highest BCUT2D eigenvalue weighted by atomic mass is 31.1. The Labute approximate surface area is 64.4 Å². The molecule has 0 aromatic heterocycles. The van der Waals surface area contributed by atoms with Crippen LogP contribution in [0.2, 0.25) is 0 Å². The minimum Gasteiger partial charge on any atom is -0.362 e. The van der Waals surface area contributed by atoms with Crippen molar-refractivity contribution in [2.75, 3.05) is 6.16 Å². The van der Waals surface area contributed by atoms with E-state index in [0.29, 0.717) is 12.3 Å². The van der Waals surface area contributed by atoms with Gasteiger partial charge in [0.25, 0.3) is 0 Å². The first-order chi connectivity index (χ1) is 4.48. The molecule has 2 N–H and O–H groups in total. The minimum atomic E-state index is -1.40. The van der Waals surface area contributed by atoms with Crippen molar-refractivity contribution in [2.45, 2.75) is 32.7 Å². The summed E-state index contributed by atoms with van der Waals surface area (Å²) in [5.41, 5.74) is -1.40. The van der Waals surface area contributed by atoms with Gasteiger partial charge >= 0.3 is 0 Å². The van der Waals surface area contributed by atoms with E-state index in [-0.39, 0.29) is 8.58 Å². The molecule has 2 nitrogen and oxygen atoms in total. The molecule has 0 heterocycles. The van der Waals surface area contributed by atoms with Crippen molar-refractivity contribution in [1.29, 1.82) is 0 Å². The summed E-state index contributed by atoms with van der Waals surface area (Å²) >= 11 is 0. The van der Waals surface area contributed by atoms with Gasteiger partial charge in [-0.3, -0.25) is 0 Å². The largest absolute Gasteiger partial charge is 0.362 e. The van der Waals surface area contributed by atoms with E-state index in [0.717, 1.165) is 6.16 Å². The van der Waals surface area contributed by atoms with Crippen LogP contribution in [0.25, 0.3) is 0 Å². The molecule has 0 aromatic carbocycles. The van der Waals surface area contributed by atoms with Gasteiger partial charge in [0.1, 0.15) is 0 Å². The third-order valence-corrected chi connectivity index (χ3v) is 3.23. The van der Waals surface area contributed by atoms with E-state index < -0.39 is 5.53 Å². The Balaban J connectivity index is 3.46. The van der Waals surface area contributed by atoms with E-state index in [2.05, 4.69) is 13.8 Å². The van der Waals surface area contributed by atoms with Crippen LogP contribution < -0.4 is 0 Å². The van der Waals surface area contributed by atoms with Crippen molar-refractivity contribution in [1.82, 2.24) is 0 Å².